The number of thioether (sulfide) groups is 1. The number of cyclic esters (lactones) is 1. The molecule has 2 aromatic carbocycles. The topological polar surface area (TPSA) is 26.3 Å². The molecule has 3 rings (SSSR count). The van der Waals surface area contributed by atoms with Crippen molar-refractivity contribution in [2.75, 3.05) is 6.26 Å². The molecule has 0 saturated carbocycles. The molecule has 2 aromatic rings. The molecule has 0 fully saturated rings. The molecule has 0 bridgehead atoms. The molecule has 3 heteroatoms. The Morgan fingerprint density at radius 2 is 1.68 bits per heavy atom. The number of esters is 1. The first-order valence-electron chi connectivity index (χ1n) is 7.02. The van der Waals surface area contributed by atoms with Crippen LogP contribution in [0.4, 0.5) is 0 Å². The van der Waals surface area contributed by atoms with Gasteiger partial charge in [-0.05, 0) is 43.0 Å². The van der Waals surface area contributed by atoms with Crippen LogP contribution >= 0.6 is 11.8 Å². The molecule has 0 amide bonds. The largest absolute Gasteiger partial charge is 0.422 e. The maximum absolute atomic E-state index is 12.0. The van der Waals surface area contributed by atoms with Gasteiger partial charge in [-0.25, -0.2) is 4.79 Å². The molecule has 0 saturated heterocycles. The maximum Gasteiger partial charge on any atom is 0.343 e. The molecule has 0 radical (unpaired) electrons. The molecule has 0 spiro atoms. The zero-order valence-corrected chi connectivity index (χ0v) is 13.3. The molecule has 0 atom stereocenters. The summed E-state index contributed by atoms with van der Waals surface area (Å²) in [6, 6.07) is 16.0. The average Bonchev–Trinajstić information content (AvgIpc) is 2.90. The van der Waals surface area contributed by atoms with Crippen LogP contribution in [0.2, 0.25) is 0 Å². The van der Waals surface area contributed by atoms with E-state index < -0.39 is 0 Å². The molecule has 1 heterocycles. The predicted octanol–water partition coefficient (Wildman–Crippen LogP) is 4.70. The second-order valence-corrected chi connectivity index (χ2v) is 6.02. The summed E-state index contributed by atoms with van der Waals surface area (Å²) < 4.78 is 5.37. The second-order valence-electron chi connectivity index (χ2n) is 5.14. The summed E-state index contributed by atoms with van der Waals surface area (Å²) in [5.74, 6) is 0.307. The van der Waals surface area contributed by atoms with Gasteiger partial charge in [0.05, 0.1) is 5.57 Å². The van der Waals surface area contributed by atoms with Gasteiger partial charge in [-0.15, -0.1) is 11.8 Å². The Balaban J connectivity index is 1.88. The van der Waals surface area contributed by atoms with E-state index in [0.717, 1.165) is 11.1 Å². The van der Waals surface area contributed by atoms with E-state index in [2.05, 4.69) is 0 Å². The van der Waals surface area contributed by atoms with Crippen molar-refractivity contribution in [1.82, 2.24) is 0 Å². The summed E-state index contributed by atoms with van der Waals surface area (Å²) >= 11 is 1.70. The number of carbonyl (C=O) groups is 1. The van der Waals surface area contributed by atoms with E-state index in [1.165, 1.54) is 10.5 Å². The molecular weight excluding hydrogens is 292 g/mol. The lowest BCUT2D eigenvalue weighted by molar-refractivity contribution is -0.130. The molecular formula is C19H16O2S. The van der Waals surface area contributed by atoms with Crippen molar-refractivity contribution in [3.63, 3.8) is 0 Å². The van der Waals surface area contributed by atoms with E-state index in [4.69, 9.17) is 4.74 Å². The van der Waals surface area contributed by atoms with Gasteiger partial charge in [0, 0.05) is 10.5 Å². The lowest BCUT2D eigenvalue weighted by atomic mass is 10.1. The van der Waals surface area contributed by atoms with Gasteiger partial charge in [-0.2, -0.15) is 0 Å². The minimum absolute atomic E-state index is 0.301. The monoisotopic (exact) mass is 308 g/mol. The average molecular weight is 308 g/mol. The van der Waals surface area contributed by atoms with Crippen LogP contribution in [0.25, 0.3) is 11.8 Å². The van der Waals surface area contributed by atoms with Crippen LogP contribution in [-0.2, 0) is 9.53 Å². The Kier molecular flexibility index (Phi) is 4.16. The summed E-state index contributed by atoms with van der Waals surface area (Å²) in [5, 5.41) is 0. The third-order valence-electron chi connectivity index (χ3n) is 3.50. The van der Waals surface area contributed by atoms with Crippen LogP contribution in [0, 0.1) is 6.92 Å². The minimum Gasteiger partial charge on any atom is -0.422 e. The highest BCUT2D eigenvalue weighted by atomic mass is 32.2. The van der Waals surface area contributed by atoms with Crippen molar-refractivity contribution in [3.8, 4) is 0 Å². The Morgan fingerprint density at radius 1 is 1.00 bits per heavy atom. The molecule has 0 aliphatic carbocycles. The third-order valence-corrected chi connectivity index (χ3v) is 4.24. The number of aryl methyl sites for hydroxylation is 1. The van der Waals surface area contributed by atoms with Gasteiger partial charge in [0.25, 0.3) is 0 Å². The quantitative estimate of drug-likeness (QED) is 0.467. The lowest BCUT2D eigenvalue weighted by Crippen LogP contribution is -1.97. The van der Waals surface area contributed by atoms with Gasteiger partial charge in [-0.3, -0.25) is 0 Å². The van der Waals surface area contributed by atoms with Crippen LogP contribution in [0.1, 0.15) is 16.7 Å². The highest BCUT2D eigenvalue weighted by Crippen LogP contribution is 2.28. The molecule has 1 aliphatic rings. The van der Waals surface area contributed by atoms with E-state index in [9.17, 15) is 4.79 Å². The predicted molar refractivity (Wildman–Crippen MR) is 91.4 cm³/mol. The Bertz CT molecular complexity index is 753. The van der Waals surface area contributed by atoms with Gasteiger partial charge in [0.1, 0.15) is 5.76 Å². The van der Waals surface area contributed by atoms with Crippen molar-refractivity contribution in [3.05, 3.63) is 76.9 Å². The number of rotatable bonds is 3. The summed E-state index contributed by atoms with van der Waals surface area (Å²) in [7, 11) is 0. The Labute approximate surface area is 134 Å². The van der Waals surface area contributed by atoms with Crippen molar-refractivity contribution in [2.24, 2.45) is 0 Å². The highest BCUT2D eigenvalue weighted by Gasteiger charge is 2.21. The van der Waals surface area contributed by atoms with E-state index in [0.29, 0.717) is 11.3 Å². The zero-order chi connectivity index (χ0) is 15.5. The maximum atomic E-state index is 12.0. The van der Waals surface area contributed by atoms with E-state index in [1.807, 2.05) is 67.8 Å². The number of hydrogen-bond donors (Lipinski definition) is 0. The number of hydrogen-bond acceptors (Lipinski definition) is 3. The molecule has 1 aliphatic heterocycles. The van der Waals surface area contributed by atoms with Gasteiger partial charge >= 0.3 is 5.97 Å². The Morgan fingerprint density at radius 3 is 2.32 bits per heavy atom. The van der Waals surface area contributed by atoms with Crippen LogP contribution in [0.5, 0.6) is 0 Å². The van der Waals surface area contributed by atoms with Crippen LogP contribution in [0.15, 0.2) is 65.1 Å². The molecule has 110 valence electrons. The summed E-state index contributed by atoms with van der Waals surface area (Å²) in [4.78, 5) is 13.2. The van der Waals surface area contributed by atoms with Crippen molar-refractivity contribution in [1.29, 1.82) is 0 Å². The van der Waals surface area contributed by atoms with E-state index >= 15 is 0 Å². The molecule has 0 N–H and O–H groups in total. The first-order chi connectivity index (χ1) is 10.7. The smallest absolute Gasteiger partial charge is 0.343 e. The number of carbonyl (C=O) groups excluding carboxylic acids is 1. The third kappa shape index (κ3) is 3.15. The molecule has 22 heavy (non-hydrogen) atoms. The SMILES string of the molecule is CSc1ccc(C=C2C=C(c3ccc(C)cc3)OC2=O)cc1. The summed E-state index contributed by atoms with van der Waals surface area (Å²) in [5.41, 5.74) is 3.66. The van der Waals surface area contributed by atoms with Crippen LogP contribution in [0.3, 0.4) is 0 Å². The second kappa shape index (κ2) is 6.24. The van der Waals surface area contributed by atoms with Gasteiger partial charge in [0.2, 0.25) is 0 Å². The first kappa shape index (κ1) is 14.7. The standard InChI is InChI=1S/C19H16O2S/c1-13-3-7-15(8-4-13)18-12-16(19(20)21-18)11-14-5-9-17(22-2)10-6-14/h3-12H,1-2H3. The Hall–Kier alpha value is -2.26. The fourth-order valence-corrected chi connectivity index (χ4v) is 2.64. The van der Waals surface area contributed by atoms with E-state index in [1.54, 1.807) is 17.8 Å². The number of ether oxygens (including phenoxy) is 1. The summed E-state index contributed by atoms with van der Waals surface area (Å²) in [6.07, 6.45) is 5.70. The number of benzene rings is 2. The van der Waals surface area contributed by atoms with Gasteiger partial charge < -0.3 is 4.74 Å². The van der Waals surface area contributed by atoms with Gasteiger partial charge in [-0.1, -0.05) is 42.0 Å². The van der Waals surface area contributed by atoms with Crippen LogP contribution < -0.4 is 0 Å². The van der Waals surface area contributed by atoms with Crippen molar-refractivity contribution >= 4 is 29.6 Å². The normalized spacial score (nSPS) is 15.8. The fourth-order valence-electron chi connectivity index (χ4n) is 2.23. The summed E-state index contributed by atoms with van der Waals surface area (Å²) in [6.45, 7) is 2.03. The lowest BCUT2D eigenvalue weighted by Gasteiger charge is -2.01. The van der Waals surface area contributed by atoms with Crippen molar-refractivity contribution in [2.45, 2.75) is 11.8 Å². The molecule has 0 aromatic heterocycles. The fraction of sp³-hybridized carbons (Fsp3) is 0.105. The molecule has 2 nitrogen and oxygen atoms in total. The van der Waals surface area contributed by atoms with Crippen LogP contribution in [-0.4, -0.2) is 12.2 Å². The minimum atomic E-state index is -0.301. The van der Waals surface area contributed by atoms with Gasteiger partial charge in [0.15, 0.2) is 0 Å². The van der Waals surface area contributed by atoms with Crippen molar-refractivity contribution < 1.29 is 9.53 Å². The zero-order valence-electron chi connectivity index (χ0n) is 12.5. The molecule has 0 unspecified atom stereocenters. The first-order valence-corrected chi connectivity index (χ1v) is 8.25. The highest BCUT2D eigenvalue weighted by molar-refractivity contribution is 7.98. The van der Waals surface area contributed by atoms with E-state index in [-0.39, 0.29) is 5.97 Å².